The minimum atomic E-state index is -4.85. The third-order valence-electron chi connectivity index (χ3n) is 6.53. The second kappa shape index (κ2) is 11.6. The van der Waals surface area contributed by atoms with Crippen LogP contribution in [0.25, 0.3) is 10.9 Å². The van der Waals surface area contributed by atoms with Gasteiger partial charge in [-0.15, -0.1) is 0 Å². The van der Waals surface area contributed by atoms with Gasteiger partial charge in [0.25, 0.3) is 5.69 Å². The molecule has 1 fully saturated rings. The van der Waals surface area contributed by atoms with Gasteiger partial charge in [0.1, 0.15) is 11.4 Å². The van der Waals surface area contributed by atoms with Gasteiger partial charge in [-0.1, -0.05) is 18.2 Å². The molecule has 1 aliphatic carbocycles. The SMILES string of the molecule is NC(=O)C(=O)N(CCOC1CCC(Nc2ccc([N+](=O)[O-])c(C(F)(F)F)c2)CC1)c1ccc2ccccc2n1. The highest BCUT2D eigenvalue weighted by Gasteiger charge is 2.38. The van der Waals surface area contributed by atoms with Crippen molar-refractivity contribution in [2.45, 2.75) is 44.0 Å². The number of amides is 2. The molecule has 4 rings (SSSR count). The first-order valence-corrected chi connectivity index (χ1v) is 12.2. The van der Waals surface area contributed by atoms with Crippen LogP contribution in [0, 0.1) is 10.1 Å². The number of primary amides is 1. The number of halogens is 3. The van der Waals surface area contributed by atoms with Crippen LogP contribution in [0.3, 0.4) is 0 Å². The Bertz CT molecular complexity index is 1380. The second-order valence-corrected chi connectivity index (χ2v) is 9.16. The van der Waals surface area contributed by atoms with Gasteiger partial charge in [0.15, 0.2) is 0 Å². The van der Waals surface area contributed by atoms with Crippen LogP contribution in [0.2, 0.25) is 0 Å². The normalized spacial score (nSPS) is 17.5. The minimum Gasteiger partial charge on any atom is -0.382 e. The molecule has 0 atom stereocenters. The fourth-order valence-electron chi connectivity index (χ4n) is 4.59. The van der Waals surface area contributed by atoms with Gasteiger partial charge in [-0.2, -0.15) is 13.2 Å². The molecule has 0 bridgehead atoms. The summed E-state index contributed by atoms with van der Waals surface area (Å²) >= 11 is 0. The molecule has 39 heavy (non-hydrogen) atoms. The van der Waals surface area contributed by atoms with Gasteiger partial charge >= 0.3 is 18.0 Å². The van der Waals surface area contributed by atoms with E-state index < -0.39 is 34.2 Å². The minimum absolute atomic E-state index is 0.0499. The van der Waals surface area contributed by atoms with E-state index in [-0.39, 0.29) is 36.8 Å². The summed E-state index contributed by atoms with van der Waals surface area (Å²) in [6.07, 6.45) is -2.60. The van der Waals surface area contributed by atoms with Crippen LogP contribution < -0.4 is 16.0 Å². The summed E-state index contributed by atoms with van der Waals surface area (Å²) in [5.74, 6) is -1.75. The number of nitrogens with one attached hydrogen (secondary N) is 1. The first-order valence-electron chi connectivity index (χ1n) is 12.2. The van der Waals surface area contributed by atoms with Crippen LogP contribution in [-0.2, 0) is 20.5 Å². The number of hydrogen-bond acceptors (Lipinski definition) is 7. The van der Waals surface area contributed by atoms with E-state index in [1.165, 1.54) is 11.0 Å². The summed E-state index contributed by atoms with van der Waals surface area (Å²) in [7, 11) is 0. The van der Waals surface area contributed by atoms with Crippen molar-refractivity contribution in [2.24, 2.45) is 5.73 Å². The van der Waals surface area contributed by atoms with Gasteiger partial charge in [-0.25, -0.2) is 4.98 Å². The van der Waals surface area contributed by atoms with Crippen LogP contribution in [0.1, 0.15) is 31.2 Å². The van der Waals surface area contributed by atoms with Gasteiger partial charge in [0.05, 0.1) is 29.7 Å². The molecule has 1 aromatic heterocycles. The first kappa shape index (κ1) is 27.8. The summed E-state index contributed by atoms with van der Waals surface area (Å²) in [5.41, 5.74) is 3.75. The van der Waals surface area contributed by atoms with Crippen molar-refractivity contribution in [3.05, 3.63) is 70.3 Å². The monoisotopic (exact) mass is 545 g/mol. The van der Waals surface area contributed by atoms with E-state index in [1.807, 2.05) is 18.2 Å². The Morgan fingerprint density at radius 3 is 2.49 bits per heavy atom. The Hall–Kier alpha value is -4.26. The number of anilines is 2. The summed E-state index contributed by atoms with van der Waals surface area (Å²) in [4.78, 5) is 39.6. The maximum absolute atomic E-state index is 13.3. The molecule has 3 aromatic rings. The molecule has 1 heterocycles. The highest BCUT2D eigenvalue weighted by molar-refractivity contribution is 6.39. The molecule has 0 spiro atoms. The number of fused-ring (bicyclic) bond motifs is 1. The predicted molar refractivity (Wildman–Crippen MR) is 137 cm³/mol. The Morgan fingerprint density at radius 2 is 1.82 bits per heavy atom. The Balaban J connectivity index is 1.32. The van der Waals surface area contributed by atoms with Crippen molar-refractivity contribution in [3.8, 4) is 0 Å². The highest BCUT2D eigenvalue weighted by Crippen LogP contribution is 2.38. The van der Waals surface area contributed by atoms with Gasteiger partial charge in [-0.3, -0.25) is 24.6 Å². The fraction of sp³-hybridized carbons (Fsp3) is 0.346. The summed E-state index contributed by atoms with van der Waals surface area (Å²) in [6.45, 7) is 0.169. The lowest BCUT2D eigenvalue weighted by atomic mass is 9.92. The smallest absolute Gasteiger partial charge is 0.382 e. The van der Waals surface area contributed by atoms with Crippen molar-refractivity contribution < 1.29 is 32.4 Å². The van der Waals surface area contributed by atoms with Crippen molar-refractivity contribution in [1.82, 2.24) is 4.98 Å². The predicted octanol–water partition coefficient (Wildman–Crippen LogP) is 4.42. The lowest BCUT2D eigenvalue weighted by Crippen LogP contribution is -2.43. The third kappa shape index (κ3) is 6.79. The standard InChI is InChI=1S/C26H26F3N5O5/c27-26(28,29)20-15-18(8-11-22(20)34(37)38)31-17-6-9-19(10-7-17)39-14-13-33(25(36)24(30)35)23-12-5-16-3-1-2-4-21(16)32-23/h1-5,8,11-12,15,17,19,31H,6-7,9-10,13-14H2,(H2,30,35). The van der Waals surface area contributed by atoms with E-state index in [0.717, 1.165) is 17.5 Å². The van der Waals surface area contributed by atoms with Crippen molar-refractivity contribution in [1.29, 1.82) is 0 Å². The molecule has 1 aliphatic rings. The quantitative estimate of drug-likeness (QED) is 0.243. The molecule has 13 heteroatoms. The number of nitrogens with two attached hydrogens (primary N) is 1. The number of carbonyl (C=O) groups excluding carboxylic acids is 2. The lowest BCUT2D eigenvalue weighted by Gasteiger charge is -2.30. The van der Waals surface area contributed by atoms with Crippen molar-refractivity contribution >= 4 is 39.9 Å². The summed E-state index contributed by atoms with van der Waals surface area (Å²) < 4.78 is 45.7. The molecular weight excluding hydrogens is 519 g/mol. The Morgan fingerprint density at radius 1 is 1.10 bits per heavy atom. The molecule has 0 unspecified atom stereocenters. The van der Waals surface area contributed by atoms with Gasteiger partial charge in [-0.05, 0) is 56.0 Å². The Kier molecular flexibility index (Phi) is 8.29. The van der Waals surface area contributed by atoms with Crippen molar-refractivity contribution in [2.75, 3.05) is 23.4 Å². The molecule has 2 aromatic carbocycles. The molecule has 206 valence electrons. The number of carbonyl (C=O) groups is 2. The molecule has 10 nitrogen and oxygen atoms in total. The molecule has 2 amide bonds. The van der Waals surface area contributed by atoms with Gasteiger partial charge < -0.3 is 15.8 Å². The van der Waals surface area contributed by atoms with E-state index in [1.54, 1.807) is 18.2 Å². The number of nitro benzene ring substituents is 1. The molecule has 0 aliphatic heterocycles. The average Bonchev–Trinajstić information content (AvgIpc) is 2.90. The molecular formula is C26H26F3N5O5. The lowest BCUT2D eigenvalue weighted by molar-refractivity contribution is -0.388. The van der Waals surface area contributed by atoms with Crippen LogP contribution >= 0.6 is 0 Å². The second-order valence-electron chi connectivity index (χ2n) is 9.16. The number of nitro groups is 1. The van der Waals surface area contributed by atoms with Gasteiger partial charge in [0.2, 0.25) is 0 Å². The number of benzene rings is 2. The zero-order valence-electron chi connectivity index (χ0n) is 20.7. The van der Waals surface area contributed by atoms with Crippen LogP contribution in [-0.4, -0.2) is 47.0 Å². The summed E-state index contributed by atoms with van der Waals surface area (Å²) in [6, 6.07) is 13.5. The third-order valence-corrected chi connectivity index (χ3v) is 6.53. The number of pyridine rings is 1. The number of ether oxygens (including phenoxy) is 1. The topological polar surface area (TPSA) is 141 Å². The van der Waals surface area contributed by atoms with E-state index in [0.29, 0.717) is 31.2 Å². The number of hydrogen-bond donors (Lipinski definition) is 2. The van der Waals surface area contributed by atoms with Crippen LogP contribution in [0.4, 0.5) is 30.4 Å². The van der Waals surface area contributed by atoms with Gasteiger partial charge in [0, 0.05) is 23.2 Å². The molecule has 3 N–H and O–H groups in total. The molecule has 0 saturated heterocycles. The number of para-hydroxylation sites is 1. The summed E-state index contributed by atoms with van der Waals surface area (Å²) in [5, 5.41) is 14.9. The Labute approximate surface area is 221 Å². The fourth-order valence-corrected chi connectivity index (χ4v) is 4.59. The first-order chi connectivity index (χ1) is 18.5. The number of alkyl halides is 3. The van der Waals surface area contributed by atoms with Crippen LogP contribution in [0.5, 0.6) is 0 Å². The maximum Gasteiger partial charge on any atom is 0.423 e. The van der Waals surface area contributed by atoms with E-state index in [2.05, 4.69) is 10.3 Å². The zero-order chi connectivity index (χ0) is 28.2. The van der Waals surface area contributed by atoms with E-state index >= 15 is 0 Å². The van der Waals surface area contributed by atoms with Crippen LogP contribution in [0.15, 0.2) is 54.6 Å². The molecule has 1 saturated carbocycles. The molecule has 0 radical (unpaired) electrons. The average molecular weight is 546 g/mol. The number of nitrogens with zero attached hydrogens (tertiary/aromatic N) is 3. The van der Waals surface area contributed by atoms with E-state index in [4.69, 9.17) is 10.5 Å². The largest absolute Gasteiger partial charge is 0.423 e. The maximum atomic E-state index is 13.3. The highest BCUT2D eigenvalue weighted by atomic mass is 19.4. The van der Waals surface area contributed by atoms with Crippen molar-refractivity contribution in [3.63, 3.8) is 0 Å². The van der Waals surface area contributed by atoms with E-state index in [9.17, 15) is 32.9 Å². The zero-order valence-corrected chi connectivity index (χ0v) is 20.7. The number of aromatic nitrogens is 1. The number of rotatable bonds is 8.